The third kappa shape index (κ3) is 1.64. The summed E-state index contributed by atoms with van der Waals surface area (Å²) in [5.41, 5.74) is 3.73. The van der Waals surface area contributed by atoms with E-state index >= 15 is 0 Å². The molecule has 3 aromatic rings. The van der Waals surface area contributed by atoms with E-state index in [4.69, 9.17) is 4.98 Å². The molecule has 7 heteroatoms. The molecule has 2 aliphatic carbocycles. The van der Waals surface area contributed by atoms with Crippen molar-refractivity contribution in [3.05, 3.63) is 35.2 Å². The van der Waals surface area contributed by atoms with Crippen molar-refractivity contribution in [3.63, 3.8) is 0 Å². The highest BCUT2D eigenvalue weighted by molar-refractivity contribution is 7.16. The van der Waals surface area contributed by atoms with E-state index in [-0.39, 0.29) is 0 Å². The first kappa shape index (κ1) is 11.4. The van der Waals surface area contributed by atoms with Crippen LogP contribution in [0.2, 0.25) is 0 Å². The molecule has 2 N–H and O–H groups in total. The van der Waals surface area contributed by atoms with Crippen molar-refractivity contribution in [2.24, 2.45) is 0 Å². The van der Waals surface area contributed by atoms with Crippen molar-refractivity contribution < 1.29 is 0 Å². The Morgan fingerprint density at radius 1 is 1.24 bits per heavy atom. The highest BCUT2D eigenvalue weighted by Gasteiger charge is 2.51. The van der Waals surface area contributed by atoms with Crippen LogP contribution in [0.4, 0.5) is 11.1 Å². The maximum absolute atomic E-state index is 4.76. The van der Waals surface area contributed by atoms with Gasteiger partial charge in [-0.3, -0.25) is 5.10 Å². The summed E-state index contributed by atoms with van der Waals surface area (Å²) in [5, 5.41) is 11.4. The SMILES string of the molecule is c1cnc(Nc2nc3c(s2)C2(CC2)Cc2[nH]ncc2-3)nc1. The first-order valence-corrected chi connectivity index (χ1v) is 7.74. The van der Waals surface area contributed by atoms with Crippen LogP contribution >= 0.6 is 11.3 Å². The van der Waals surface area contributed by atoms with E-state index in [1.807, 2.05) is 6.20 Å². The Kier molecular flexibility index (Phi) is 2.11. The quantitative estimate of drug-likeness (QED) is 0.760. The number of nitrogens with one attached hydrogen (secondary N) is 2. The van der Waals surface area contributed by atoms with E-state index in [9.17, 15) is 0 Å². The summed E-state index contributed by atoms with van der Waals surface area (Å²) in [6.07, 6.45) is 8.85. The Morgan fingerprint density at radius 3 is 2.90 bits per heavy atom. The summed E-state index contributed by atoms with van der Waals surface area (Å²) in [5.74, 6) is 0.584. The van der Waals surface area contributed by atoms with Crippen LogP contribution in [0, 0.1) is 0 Å². The van der Waals surface area contributed by atoms with Gasteiger partial charge in [-0.1, -0.05) is 0 Å². The minimum Gasteiger partial charge on any atom is -0.300 e. The van der Waals surface area contributed by atoms with Crippen LogP contribution in [0.1, 0.15) is 23.4 Å². The lowest BCUT2D eigenvalue weighted by Crippen LogP contribution is -2.15. The molecular weight excluding hydrogens is 284 g/mol. The van der Waals surface area contributed by atoms with Crippen molar-refractivity contribution in [3.8, 4) is 11.3 Å². The van der Waals surface area contributed by atoms with Crippen molar-refractivity contribution in [2.45, 2.75) is 24.7 Å². The molecule has 0 aliphatic heterocycles. The Hall–Kier alpha value is -2.28. The average molecular weight is 296 g/mol. The smallest absolute Gasteiger partial charge is 0.228 e. The van der Waals surface area contributed by atoms with Gasteiger partial charge in [-0.2, -0.15) is 5.10 Å². The zero-order valence-electron chi connectivity index (χ0n) is 11.1. The predicted octanol–water partition coefficient (Wildman–Crippen LogP) is 2.65. The lowest BCUT2D eigenvalue weighted by molar-refractivity contribution is 0.674. The molecular formula is C14H12N6S. The Balaban J connectivity index is 1.60. The minimum atomic E-state index is 0.296. The van der Waals surface area contributed by atoms with Crippen LogP contribution in [-0.2, 0) is 11.8 Å². The Bertz CT molecular complexity index is 817. The number of aromatic nitrogens is 5. The van der Waals surface area contributed by atoms with Crippen LogP contribution < -0.4 is 5.32 Å². The molecule has 1 fully saturated rings. The first-order chi connectivity index (χ1) is 10.3. The maximum Gasteiger partial charge on any atom is 0.228 e. The van der Waals surface area contributed by atoms with Gasteiger partial charge in [0.15, 0.2) is 5.13 Å². The average Bonchev–Trinajstić information content (AvgIpc) is 2.92. The van der Waals surface area contributed by atoms with Gasteiger partial charge >= 0.3 is 0 Å². The van der Waals surface area contributed by atoms with Gasteiger partial charge < -0.3 is 5.32 Å². The highest BCUT2D eigenvalue weighted by atomic mass is 32.1. The molecule has 3 aromatic heterocycles. The second-order valence-corrected chi connectivity index (χ2v) is 6.61. The monoisotopic (exact) mass is 296 g/mol. The number of aromatic amines is 1. The Labute approximate surface area is 124 Å². The van der Waals surface area contributed by atoms with Crippen LogP contribution in [0.15, 0.2) is 24.7 Å². The molecule has 0 radical (unpaired) electrons. The van der Waals surface area contributed by atoms with E-state index < -0.39 is 0 Å². The largest absolute Gasteiger partial charge is 0.300 e. The van der Waals surface area contributed by atoms with Crippen LogP contribution in [0.5, 0.6) is 0 Å². The zero-order valence-corrected chi connectivity index (χ0v) is 11.9. The number of fused-ring (bicyclic) bond motifs is 4. The summed E-state index contributed by atoms with van der Waals surface area (Å²) in [6.45, 7) is 0. The first-order valence-electron chi connectivity index (χ1n) is 6.92. The number of H-pyrrole nitrogens is 1. The summed E-state index contributed by atoms with van der Waals surface area (Å²) in [7, 11) is 0. The van der Waals surface area contributed by atoms with E-state index in [1.165, 1.54) is 23.4 Å². The van der Waals surface area contributed by atoms with Crippen molar-refractivity contribution >= 4 is 22.4 Å². The maximum atomic E-state index is 4.76. The molecule has 0 amide bonds. The number of rotatable bonds is 2. The molecule has 21 heavy (non-hydrogen) atoms. The molecule has 0 saturated heterocycles. The molecule has 104 valence electrons. The fourth-order valence-electron chi connectivity index (χ4n) is 3.00. The number of anilines is 2. The normalized spacial score (nSPS) is 17.3. The predicted molar refractivity (Wildman–Crippen MR) is 79.6 cm³/mol. The van der Waals surface area contributed by atoms with Gasteiger partial charge in [-0.05, 0) is 18.9 Å². The lowest BCUT2D eigenvalue weighted by atomic mass is 9.88. The molecule has 2 aliphatic rings. The lowest BCUT2D eigenvalue weighted by Gasteiger charge is -2.19. The van der Waals surface area contributed by atoms with E-state index in [0.29, 0.717) is 11.4 Å². The van der Waals surface area contributed by atoms with Crippen LogP contribution in [-0.4, -0.2) is 25.1 Å². The van der Waals surface area contributed by atoms with Gasteiger partial charge in [0.1, 0.15) is 0 Å². The van der Waals surface area contributed by atoms with E-state index in [2.05, 4.69) is 25.5 Å². The molecule has 0 aromatic carbocycles. The van der Waals surface area contributed by atoms with Crippen LogP contribution in [0.25, 0.3) is 11.3 Å². The van der Waals surface area contributed by atoms with Crippen molar-refractivity contribution in [2.75, 3.05) is 5.32 Å². The fraction of sp³-hybridized carbons (Fsp3) is 0.286. The minimum absolute atomic E-state index is 0.296. The molecule has 6 nitrogen and oxygen atoms in total. The molecule has 0 unspecified atom stereocenters. The topological polar surface area (TPSA) is 79.4 Å². The molecule has 1 spiro atoms. The van der Waals surface area contributed by atoms with Gasteiger partial charge in [-0.25, -0.2) is 15.0 Å². The van der Waals surface area contributed by atoms with Crippen molar-refractivity contribution in [1.82, 2.24) is 25.1 Å². The summed E-state index contributed by atoms with van der Waals surface area (Å²) >= 11 is 1.72. The summed E-state index contributed by atoms with van der Waals surface area (Å²) < 4.78 is 0. The Morgan fingerprint density at radius 2 is 2.10 bits per heavy atom. The highest BCUT2D eigenvalue weighted by Crippen LogP contribution is 2.59. The van der Waals surface area contributed by atoms with Crippen LogP contribution in [0.3, 0.4) is 0 Å². The number of hydrogen-bond donors (Lipinski definition) is 2. The van der Waals surface area contributed by atoms with E-state index in [0.717, 1.165) is 22.8 Å². The van der Waals surface area contributed by atoms with Crippen molar-refractivity contribution in [1.29, 1.82) is 0 Å². The zero-order chi connectivity index (χ0) is 13.9. The van der Waals surface area contributed by atoms with E-state index in [1.54, 1.807) is 29.8 Å². The van der Waals surface area contributed by atoms with Gasteiger partial charge in [-0.15, -0.1) is 11.3 Å². The second kappa shape index (κ2) is 3.88. The molecule has 0 bridgehead atoms. The number of hydrogen-bond acceptors (Lipinski definition) is 6. The summed E-state index contributed by atoms with van der Waals surface area (Å²) in [4.78, 5) is 14.5. The second-order valence-electron chi connectivity index (χ2n) is 5.61. The third-order valence-corrected chi connectivity index (χ3v) is 5.45. The summed E-state index contributed by atoms with van der Waals surface area (Å²) in [6, 6.07) is 1.80. The van der Waals surface area contributed by atoms with Gasteiger partial charge in [0.05, 0.1) is 11.9 Å². The molecule has 0 atom stereocenters. The van der Waals surface area contributed by atoms with Gasteiger partial charge in [0.2, 0.25) is 5.95 Å². The molecule has 5 rings (SSSR count). The third-order valence-electron chi connectivity index (χ3n) is 4.24. The fourth-order valence-corrected chi connectivity index (χ4v) is 4.22. The number of nitrogens with zero attached hydrogens (tertiary/aromatic N) is 4. The number of thiazole rings is 1. The molecule has 3 heterocycles. The standard InChI is InChI=1S/C14H12N6S/c1-4-15-12(16-5-1)19-13-18-10-8-7-17-20-9(8)6-14(2-3-14)11(10)21-13/h1,4-5,7H,2-3,6H2,(H,17,20)(H,15,16,18,19). The molecule has 1 saturated carbocycles. The van der Waals surface area contributed by atoms with Gasteiger partial charge in [0, 0.05) is 40.4 Å². The van der Waals surface area contributed by atoms with Gasteiger partial charge in [0.25, 0.3) is 0 Å².